The maximum atomic E-state index is 12.1. The average molecular weight is 341 g/mol. The zero-order valence-corrected chi connectivity index (χ0v) is 14.2. The highest BCUT2D eigenvalue weighted by Gasteiger charge is 2.19. The van der Waals surface area contributed by atoms with Gasteiger partial charge in [-0.25, -0.2) is 4.79 Å². The van der Waals surface area contributed by atoms with Crippen molar-refractivity contribution in [2.24, 2.45) is 0 Å². The first-order valence-electron chi connectivity index (χ1n) is 7.70. The summed E-state index contributed by atoms with van der Waals surface area (Å²) in [5.74, 6) is -1.29. The lowest BCUT2D eigenvalue weighted by atomic mass is 10.1. The molecule has 2 aromatic rings. The Balaban J connectivity index is 1.98. The molecule has 0 fully saturated rings. The van der Waals surface area contributed by atoms with Crippen molar-refractivity contribution in [1.29, 1.82) is 0 Å². The molecule has 2 aromatic carbocycles. The minimum atomic E-state index is -1.02. The molecule has 1 amide bonds. The summed E-state index contributed by atoms with van der Waals surface area (Å²) in [4.78, 5) is 35.4. The van der Waals surface area contributed by atoms with Crippen molar-refractivity contribution >= 4 is 23.3 Å². The third-order valence-corrected chi connectivity index (χ3v) is 3.66. The van der Waals surface area contributed by atoms with Crippen LogP contribution in [0.5, 0.6) is 5.75 Å². The van der Waals surface area contributed by atoms with Gasteiger partial charge in [-0.05, 0) is 62.7 Å². The van der Waals surface area contributed by atoms with E-state index in [-0.39, 0.29) is 17.1 Å². The Hall–Kier alpha value is -3.15. The monoisotopic (exact) mass is 341 g/mol. The Bertz CT molecular complexity index is 811. The molecule has 0 spiro atoms. The molecule has 2 N–H and O–H groups in total. The van der Waals surface area contributed by atoms with Crippen LogP contribution in [0.25, 0.3) is 0 Å². The fourth-order valence-electron chi connectivity index (χ4n) is 2.05. The highest BCUT2D eigenvalue weighted by molar-refractivity contribution is 5.98. The Morgan fingerprint density at radius 3 is 2.20 bits per heavy atom. The molecule has 0 bridgehead atoms. The van der Waals surface area contributed by atoms with Gasteiger partial charge in [0.05, 0.1) is 5.56 Å². The van der Waals surface area contributed by atoms with E-state index in [0.717, 1.165) is 0 Å². The van der Waals surface area contributed by atoms with E-state index in [1.165, 1.54) is 26.0 Å². The van der Waals surface area contributed by atoms with Gasteiger partial charge in [-0.3, -0.25) is 9.59 Å². The van der Waals surface area contributed by atoms with Crippen molar-refractivity contribution in [1.82, 2.24) is 0 Å². The van der Waals surface area contributed by atoms with Crippen molar-refractivity contribution in [2.45, 2.75) is 26.9 Å². The second-order valence-electron chi connectivity index (χ2n) is 5.67. The van der Waals surface area contributed by atoms with Gasteiger partial charge in [-0.15, -0.1) is 0 Å². The second-order valence-corrected chi connectivity index (χ2v) is 5.67. The number of hydrogen-bond donors (Lipinski definition) is 2. The number of carbonyl (C=O) groups excluding carboxylic acids is 3. The zero-order chi connectivity index (χ0) is 18.6. The standard InChI is InChI=1S/C19H19NO5/c1-11-4-5-15(10-17(11)22)19(24)25-13(3)18(23)20-16-8-6-14(7-9-16)12(2)21/h4-10,13,22H,1-3H3,(H,20,23). The van der Waals surface area contributed by atoms with Crippen molar-refractivity contribution in [3.8, 4) is 5.75 Å². The summed E-state index contributed by atoms with van der Waals surface area (Å²) in [5.41, 5.74) is 1.83. The number of anilines is 1. The van der Waals surface area contributed by atoms with Gasteiger partial charge < -0.3 is 15.2 Å². The molecule has 1 unspecified atom stereocenters. The fourth-order valence-corrected chi connectivity index (χ4v) is 2.05. The Labute approximate surface area is 145 Å². The number of esters is 1. The quantitative estimate of drug-likeness (QED) is 0.644. The second kappa shape index (κ2) is 7.61. The number of aryl methyl sites for hydroxylation is 1. The molecule has 1 atom stereocenters. The van der Waals surface area contributed by atoms with Crippen molar-refractivity contribution in [2.75, 3.05) is 5.32 Å². The molecule has 0 aliphatic carbocycles. The molecule has 0 aliphatic rings. The van der Waals surface area contributed by atoms with Crippen LogP contribution in [-0.4, -0.2) is 28.9 Å². The maximum Gasteiger partial charge on any atom is 0.339 e. The molecule has 0 radical (unpaired) electrons. The number of phenols is 1. The van der Waals surface area contributed by atoms with E-state index in [1.54, 1.807) is 37.3 Å². The third kappa shape index (κ3) is 4.67. The SMILES string of the molecule is CC(=O)c1ccc(NC(=O)C(C)OC(=O)c2ccc(C)c(O)c2)cc1. The van der Waals surface area contributed by atoms with Gasteiger partial charge in [0, 0.05) is 11.3 Å². The van der Waals surface area contributed by atoms with E-state index in [1.807, 2.05) is 0 Å². The molecule has 0 aromatic heterocycles. The fraction of sp³-hybridized carbons (Fsp3) is 0.211. The molecule has 6 nitrogen and oxygen atoms in total. The predicted octanol–water partition coefficient (Wildman–Crippen LogP) is 3.09. The molecule has 6 heteroatoms. The number of benzene rings is 2. The van der Waals surface area contributed by atoms with Gasteiger partial charge in [-0.1, -0.05) is 6.07 Å². The largest absolute Gasteiger partial charge is 0.508 e. The molecule has 0 aliphatic heterocycles. The summed E-state index contributed by atoms with van der Waals surface area (Å²) < 4.78 is 5.11. The first-order valence-corrected chi connectivity index (χ1v) is 7.70. The molecule has 0 saturated carbocycles. The topological polar surface area (TPSA) is 92.7 Å². The summed E-state index contributed by atoms with van der Waals surface area (Å²) in [5, 5.41) is 12.2. The number of phenolic OH excluding ortho intramolecular Hbond substituents is 1. The Morgan fingerprint density at radius 2 is 1.64 bits per heavy atom. The maximum absolute atomic E-state index is 12.1. The first kappa shape index (κ1) is 18.2. The number of amides is 1. The van der Waals surface area contributed by atoms with Crippen LogP contribution < -0.4 is 5.32 Å². The number of hydrogen-bond acceptors (Lipinski definition) is 5. The van der Waals surface area contributed by atoms with Gasteiger partial charge in [0.1, 0.15) is 5.75 Å². The van der Waals surface area contributed by atoms with Crippen molar-refractivity contribution in [3.63, 3.8) is 0 Å². The van der Waals surface area contributed by atoms with Crippen LogP contribution in [0, 0.1) is 6.92 Å². The van der Waals surface area contributed by atoms with E-state index in [0.29, 0.717) is 16.8 Å². The molecule has 0 heterocycles. The van der Waals surface area contributed by atoms with Crippen LogP contribution in [-0.2, 0) is 9.53 Å². The molecule has 130 valence electrons. The number of Topliss-reactive ketones (excluding diaryl/α,β-unsaturated/α-hetero) is 1. The summed E-state index contributed by atoms with van der Waals surface area (Å²) >= 11 is 0. The molecular weight excluding hydrogens is 322 g/mol. The lowest BCUT2D eigenvalue weighted by Crippen LogP contribution is -2.30. The van der Waals surface area contributed by atoms with E-state index in [2.05, 4.69) is 5.32 Å². The molecule has 0 saturated heterocycles. The first-order chi connectivity index (χ1) is 11.8. The van der Waals surface area contributed by atoms with Gasteiger partial charge in [0.2, 0.25) is 0 Å². The number of rotatable bonds is 5. The summed E-state index contributed by atoms with van der Waals surface area (Å²) in [6.45, 7) is 4.61. The summed E-state index contributed by atoms with van der Waals surface area (Å²) in [6, 6.07) is 10.8. The summed E-state index contributed by atoms with van der Waals surface area (Å²) in [6.07, 6.45) is -1.02. The highest BCUT2D eigenvalue weighted by Crippen LogP contribution is 2.18. The number of ether oxygens (including phenoxy) is 1. The summed E-state index contributed by atoms with van der Waals surface area (Å²) in [7, 11) is 0. The van der Waals surface area contributed by atoms with E-state index in [9.17, 15) is 19.5 Å². The molecular formula is C19H19NO5. The van der Waals surface area contributed by atoms with Crippen LogP contribution in [0.2, 0.25) is 0 Å². The lowest BCUT2D eigenvalue weighted by Gasteiger charge is -2.14. The Kier molecular flexibility index (Phi) is 5.54. The average Bonchev–Trinajstić information content (AvgIpc) is 2.57. The molecule has 25 heavy (non-hydrogen) atoms. The highest BCUT2D eigenvalue weighted by atomic mass is 16.5. The van der Waals surface area contributed by atoms with Crippen LogP contribution in [0.1, 0.15) is 40.1 Å². The number of nitrogens with one attached hydrogen (secondary N) is 1. The zero-order valence-electron chi connectivity index (χ0n) is 14.2. The van der Waals surface area contributed by atoms with Gasteiger partial charge in [0.15, 0.2) is 11.9 Å². The Morgan fingerprint density at radius 1 is 1.04 bits per heavy atom. The molecule has 2 rings (SSSR count). The number of aromatic hydroxyl groups is 1. The van der Waals surface area contributed by atoms with Crippen LogP contribution in [0.4, 0.5) is 5.69 Å². The van der Waals surface area contributed by atoms with Crippen LogP contribution >= 0.6 is 0 Å². The lowest BCUT2D eigenvalue weighted by molar-refractivity contribution is -0.123. The third-order valence-electron chi connectivity index (χ3n) is 3.66. The van der Waals surface area contributed by atoms with E-state index in [4.69, 9.17) is 4.74 Å². The van der Waals surface area contributed by atoms with Crippen molar-refractivity contribution < 1.29 is 24.2 Å². The van der Waals surface area contributed by atoms with Gasteiger partial charge in [0.25, 0.3) is 5.91 Å². The van der Waals surface area contributed by atoms with E-state index < -0.39 is 18.0 Å². The number of ketones is 1. The minimum absolute atomic E-state index is 0.0166. The van der Waals surface area contributed by atoms with E-state index >= 15 is 0 Å². The smallest absolute Gasteiger partial charge is 0.339 e. The van der Waals surface area contributed by atoms with Gasteiger partial charge in [-0.2, -0.15) is 0 Å². The normalized spacial score (nSPS) is 11.5. The van der Waals surface area contributed by atoms with Gasteiger partial charge >= 0.3 is 5.97 Å². The van der Waals surface area contributed by atoms with Crippen LogP contribution in [0.15, 0.2) is 42.5 Å². The minimum Gasteiger partial charge on any atom is -0.508 e. The number of carbonyl (C=O) groups is 3. The van der Waals surface area contributed by atoms with Crippen LogP contribution in [0.3, 0.4) is 0 Å². The van der Waals surface area contributed by atoms with Crippen molar-refractivity contribution in [3.05, 3.63) is 59.2 Å². The predicted molar refractivity (Wildman–Crippen MR) is 92.8 cm³/mol.